The molecule has 6 nitrogen and oxygen atoms in total. The summed E-state index contributed by atoms with van der Waals surface area (Å²) in [6.45, 7) is 11.8. The van der Waals surface area contributed by atoms with Crippen molar-refractivity contribution in [1.29, 1.82) is 0 Å². The summed E-state index contributed by atoms with van der Waals surface area (Å²) in [6, 6.07) is 0. The van der Waals surface area contributed by atoms with E-state index in [4.69, 9.17) is 0 Å². The Bertz CT molecular complexity index is 509. The standard InChI is InChI=1S/C15H25N5O/c1-5-6-16-14-11(2)15(18-12(3)17-14)20-9-7-19(8-10-20)13(4)21/h5-10H2,1-4H3,(H,16,17,18). The number of rotatable bonds is 4. The monoisotopic (exact) mass is 291 g/mol. The average molecular weight is 291 g/mol. The number of nitrogens with zero attached hydrogens (tertiary/aromatic N) is 4. The topological polar surface area (TPSA) is 61.4 Å². The van der Waals surface area contributed by atoms with E-state index in [0.717, 1.165) is 62.2 Å². The third-order valence-corrected chi connectivity index (χ3v) is 3.80. The molecule has 0 aliphatic carbocycles. The number of piperazine rings is 1. The van der Waals surface area contributed by atoms with Gasteiger partial charge in [-0.3, -0.25) is 4.79 Å². The van der Waals surface area contributed by atoms with E-state index in [1.165, 1.54) is 0 Å². The first-order valence-corrected chi connectivity index (χ1v) is 7.62. The van der Waals surface area contributed by atoms with Gasteiger partial charge >= 0.3 is 0 Å². The molecule has 2 rings (SSSR count). The lowest BCUT2D eigenvalue weighted by molar-refractivity contribution is -0.129. The summed E-state index contributed by atoms with van der Waals surface area (Å²) in [7, 11) is 0. The average Bonchev–Trinajstić information content (AvgIpc) is 2.48. The Labute approximate surface area is 126 Å². The molecule has 1 aromatic heterocycles. The van der Waals surface area contributed by atoms with E-state index in [-0.39, 0.29) is 5.91 Å². The van der Waals surface area contributed by atoms with Gasteiger partial charge in [0.25, 0.3) is 0 Å². The van der Waals surface area contributed by atoms with Crippen LogP contribution in [-0.2, 0) is 4.79 Å². The molecular formula is C15H25N5O. The van der Waals surface area contributed by atoms with Crippen LogP contribution in [0.25, 0.3) is 0 Å². The van der Waals surface area contributed by atoms with E-state index < -0.39 is 0 Å². The first-order chi connectivity index (χ1) is 10.0. The van der Waals surface area contributed by atoms with Crippen LogP contribution in [0.1, 0.15) is 31.7 Å². The Kier molecular flexibility index (Phi) is 4.98. The fourth-order valence-electron chi connectivity index (χ4n) is 2.57. The Morgan fingerprint density at radius 3 is 2.43 bits per heavy atom. The van der Waals surface area contributed by atoms with Crippen LogP contribution in [-0.4, -0.2) is 53.5 Å². The molecule has 0 saturated carbocycles. The summed E-state index contributed by atoms with van der Waals surface area (Å²) in [5, 5.41) is 3.37. The number of nitrogens with one attached hydrogen (secondary N) is 1. The largest absolute Gasteiger partial charge is 0.370 e. The highest BCUT2D eigenvalue weighted by Crippen LogP contribution is 2.24. The van der Waals surface area contributed by atoms with E-state index in [9.17, 15) is 4.79 Å². The molecule has 21 heavy (non-hydrogen) atoms. The molecule has 1 N–H and O–H groups in total. The zero-order valence-corrected chi connectivity index (χ0v) is 13.4. The maximum atomic E-state index is 11.4. The molecule has 0 atom stereocenters. The highest BCUT2D eigenvalue weighted by molar-refractivity contribution is 5.73. The predicted octanol–water partition coefficient (Wildman–Crippen LogP) is 1.58. The van der Waals surface area contributed by atoms with Crippen LogP contribution in [0.3, 0.4) is 0 Å². The first kappa shape index (κ1) is 15.5. The third-order valence-electron chi connectivity index (χ3n) is 3.80. The molecule has 6 heteroatoms. The lowest BCUT2D eigenvalue weighted by atomic mass is 10.2. The highest BCUT2D eigenvalue weighted by Gasteiger charge is 2.22. The summed E-state index contributed by atoms with van der Waals surface area (Å²) in [6.07, 6.45) is 1.06. The molecule has 1 aliphatic rings. The molecule has 1 fully saturated rings. The van der Waals surface area contributed by atoms with Crippen molar-refractivity contribution in [2.75, 3.05) is 42.9 Å². The molecular weight excluding hydrogens is 266 g/mol. The zero-order chi connectivity index (χ0) is 15.4. The maximum absolute atomic E-state index is 11.4. The van der Waals surface area contributed by atoms with Crippen LogP contribution < -0.4 is 10.2 Å². The van der Waals surface area contributed by atoms with Crippen molar-refractivity contribution in [3.63, 3.8) is 0 Å². The third kappa shape index (κ3) is 3.62. The van der Waals surface area contributed by atoms with Crippen molar-refractivity contribution < 1.29 is 4.79 Å². The molecule has 0 radical (unpaired) electrons. The van der Waals surface area contributed by atoms with Gasteiger partial charge < -0.3 is 15.1 Å². The quantitative estimate of drug-likeness (QED) is 0.912. The molecule has 0 spiro atoms. The molecule has 1 aliphatic heterocycles. The van der Waals surface area contributed by atoms with E-state index in [2.05, 4.69) is 34.0 Å². The number of amides is 1. The number of anilines is 2. The minimum absolute atomic E-state index is 0.149. The van der Waals surface area contributed by atoms with Gasteiger partial charge in [-0.1, -0.05) is 6.92 Å². The van der Waals surface area contributed by atoms with E-state index in [0.29, 0.717) is 0 Å². The normalized spacial score (nSPS) is 15.2. The second-order valence-corrected chi connectivity index (χ2v) is 5.49. The van der Waals surface area contributed by atoms with Crippen LogP contribution >= 0.6 is 0 Å². The Hall–Kier alpha value is -1.85. The van der Waals surface area contributed by atoms with E-state index in [1.807, 2.05) is 11.8 Å². The Balaban J connectivity index is 2.16. The van der Waals surface area contributed by atoms with Crippen LogP contribution in [0, 0.1) is 13.8 Å². The lowest BCUT2D eigenvalue weighted by Gasteiger charge is -2.35. The Morgan fingerprint density at radius 2 is 1.86 bits per heavy atom. The SMILES string of the molecule is CCCNc1nc(C)nc(N2CCN(C(C)=O)CC2)c1C. The van der Waals surface area contributed by atoms with Gasteiger partial charge in [-0.15, -0.1) is 0 Å². The fourth-order valence-corrected chi connectivity index (χ4v) is 2.57. The second kappa shape index (κ2) is 6.74. The van der Waals surface area contributed by atoms with Crippen LogP contribution in [0.15, 0.2) is 0 Å². The maximum Gasteiger partial charge on any atom is 0.219 e. The van der Waals surface area contributed by atoms with Gasteiger partial charge in [0.1, 0.15) is 17.5 Å². The van der Waals surface area contributed by atoms with Crippen molar-refractivity contribution in [2.24, 2.45) is 0 Å². The summed E-state index contributed by atoms with van der Waals surface area (Å²) < 4.78 is 0. The lowest BCUT2D eigenvalue weighted by Crippen LogP contribution is -2.48. The molecule has 0 aromatic carbocycles. The van der Waals surface area contributed by atoms with Gasteiger partial charge in [0.05, 0.1) is 0 Å². The summed E-state index contributed by atoms with van der Waals surface area (Å²) in [5.74, 6) is 2.84. The molecule has 2 heterocycles. The number of aromatic nitrogens is 2. The molecule has 116 valence electrons. The van der Waals surface area contributed by atoms with Crippen LogP contribution in [0.2, 0.25) is 0 Å². The molecule has 0 bridgehead atoms. The van der Waals surface area contributed by atoms with Gasteiger partial charge in [-0.2, -0.15) is 0 Å². The van der Waals surface area contributed by atoms with Crippen LogP contribution in [0.4, 0.5) is 11.6 Å². The zero-order valence-electron chi connectivity index (χ0n) is 13.4. The molecule has 1 amide bonds. The number of carbonyl (C=O) groups excluding carboxylic acids is 1. The van der Waals surface area contributed by atoms with Crippen molar-refractivity contribution >= 4 is 17.5 Å². The van der Waals surface area contributed by atoms with Gasteiger partial charge in [0.15, 0.2) is 0 Å². The highest BCUT2D eigenvalue weighted by atomic mass is 16.2. The molecule has 1 saturated heterocycles. The minimum atomic E-state index is 0.149. The second-order valence-electron chi connectivity index (χ2n) is 5.49. The van der Waals surface area contributed by atoms with Crippen molar-refractivity contribution in [3.05, 3.63) is 11.4 Å². The van der Waals surface area contributed by atoms with E-state index >= 15 is 0 Å². The summed E-state index contributed by atoms with van der Waals surface area (Å²) in [5.41, 5.74) is 1.09. The first-order valence-electron chi connectivity index (χ1n) is 7.62. The summed E-state index contributed by atoms with van der Waals surface area (Å²) >= 11 is 0. The van der Waals surface area contributed by atoms with Crippen LogP contribution in [0.5, 0.6) is 0 Å². The Morgan fingerprint density at radius 1 is 1.19 bits per heavy atom. The smallest absolute Gasteiger partial charge is 0.219 e. The number of carbonyl (C=O) groups is 1. The van der Waals surface area contributed by atoms with Gasteiger partial charge in [-0.25, -0.2) is 9.97 Å². The van der Waals surface area contributed by atoms with Crippen molar-refractivity contribution in [2.45, 2.75) is 34.1 Å². The van der Waals surface area contributed by atoms with Gasteiger partial charge in [0.2, 0.25) is 5.91 Å². The molecule has 1 aromatic rings. The van der Waals surface area contributed by atoms with E-state index in [1.54, 1.807) is 6.92 Å². The van der Waals surface area contributed by atoms with Crippen molar-refractivity contribution in [1.82, 2.24) is 14.9 Å². The van der Waals surface area contributed by atoms with Gasteiger partial charge in [-0.05, 0) is 20.3 Å². The van der Waals surface area contributed by atoms with Crippen molar-refractivity contribution in [3.8, 4) is 0 Å². The minimum Gasteiger partial charge on any atom is -0.370 e. The van der Waals surface area contributed by atoms with Gasteiger partial charge in [0, 0.05) is 45.2 Å². The molecule has 0 unspecified atom stereocenters. The summed E-state index contributed by atoms with van der Waals surface area (Å²) in [4.78, 5) is 24.6. The number of hydrogen-bond donors (Lipinski definition) is 1. The fraction of sp³-hybridized carbons (Fsp3) is 0.667. The number of aryl methyl sites for hydroxylation is 1. The number of hydrogen-bond acceptors (Lipinski definition) is 5. The predicted molar refractivity (Wildman–Crippen MR) is 84.8 cm³/mol.